The first-order valence-corrected chi connectivity index (χ1v) is 7.29. The van der Waals surface area contributed by atoms with Crippen molar-refractivity contribution in [2.75, 3.05) is 12.8 Å². The Bertz CT molecular complexity index is 499. The zero-order chi connectivity index (χ0) is 12.9. The summed E-state index contributed by atoms with van der Waals surface area (Å²) >= 11 is 5.88. The molecule has 6 heteroatoms. The van der Waals surface area contributed by atoms with Crippen LogP contribution < -0.4 is 5.32 Å². The third-order valence-corrected chi connectivity index (χ3v) is 4.20. The maximum absolute atomic E-state index is 11.7. The minimum atomic E-state index is -3.31. The molecule has 0 aliphatic heterocycles. The van der Waals surface area contributed by atoms with Crippen molar-refractivity contribution in [3.63, 3.8) is 0 Å². The predicted octanol–water partition coefficient (Wildman–Crippen LogP) is 1.39. The molecular weight excluding hydrogens is 262 g/mol. The molecule has 1 aromatic carbocycles. The van der Waals surface area contributed by atoms with E-state index in [0.717, 1.165) is 0 Å². The van der Waals surface area contributed by atoms with Crippen LogP contribution in [-0.4, -0.2) is 27.1 Å². The lowest BCUT2D eigenvalue weighted by Crippen LogP contribution is -2.22. The zero-order valence-electron chi connectivity index (χ0n) is 9.44. The molecule has 0 heterocycles. The van der Waals surface area contributed by atoms with E-state index in [1.54, 1.807) is 24.3 Å². The van der Waals surface area contributed by atoms with Gasteiger partial charge >= 0.3 is 0 Å². The van der Waals surface area contributed by atoms with Gasteiger partial charge in [0.2, 0.25) is 5.91 Å². The van der Waals surface area contributed by atoms with Crippen LogP contribution in [0.25, 0.3) is 0 Å². The summed E-state index contributed by atoms with van der Waals surface area (Å²) in [6, 6.07) is 6.78. The number of hydrogen-bond donors (Lipinski definition) is 1. The summed E-state index contributed by atoms with van der Waals surface area (Å²) in [5.74, 6) is -0.589. The summed E-state index contributed by atoms with van der Waals surface area (Å²) in [6.45, 7) is 0. The van der Waals surface area contributed by atoms with Gasteiger partial charge in [-0.25, -0.2) is 8.42 Å². The smallest absolute Gasteiger partial charge is 0.220 e. The highest BCUT2D eigenvalue weighted by Gasteiger charge is 2.15. The molecule has 0 bridgehead atoms. The van der Waals surface area contributed by atoms with E-state index < -0.39 is 9.84 Å². The van der Waals surface area contributed by atoms with Crippen LogP contribution >= 0.6 is 11.6 Å². The summed E-state index contributed by atoms with van der Waals surface area (Å²) in [5.41, 5.74) is 0.561. The number of carbonyl (C=O) groups is 1. The van der Waals surface area contributed by atoms with E-state index in [9.17, 15) is 13.2 Å². The number of rotatable bonds is 5. The van der Waals surface area contributed by atoms with Gasteiger partial charge in [-0.1, -0.05) is 29.8 Å². The Balaban J connectivity index is 2.67. The molecular formula is C11H14ClNO3S. The van der Waals surface area contributed by atoms with Gasteiger partial charge in [0.1, 0.15) is 0 Å². The van der Waals surface area contributed by atoms with Crippen molar-refractivity contribution in [1.82, 2.24) is 5.32 Å². The average Bonchev–Trinajstić information content (AvgIpc) is 2.29. The van der Waals surface area contributed by atoms with E-state index in [4.69, 9.17) is 11.6 Å². The van der Waals surface area contributed by atoms with Crippen LogP contribution in [0.3, 0.4) is 0 Å². The molecule has 17 heavy (non-hydrogen) atoms. The molecule has 4 nitrogen and oxygen atoms in total. The maximum Gasteiger partial charge on any atom is 0.220 e. The molecule has 1 amide bonds. The van der Waals surface area contributed by atoms with E-state index in [1.807, 2.05) is 0 Å². The van der Waals surface area contributed by atoms with Crippen LogP contribution in [0, 0.1) is 0 Å². The maximum atomic E-state index is 11.7. The fraction of sp³-hybridized carbons (Fsp3) is 0.364. The number of halogens is 1. The van der Waals surface area contributed by atoms with Crippen molar-refractivity contribution in [3.05, 3.63) is 34.9 Å². The molecule has 0 aromatic heterocycles. The van der Waals surface area contributed by atoms with Gasteiger partial charge in [0.25, 0.3) is 0 Å². The third kappa shape index (κ3) is 4.75. The topological polar surface area (TPSA) is 63.2 Å². The number of carbonyl (C=O) groups excluding carboxylic acids is 1. The molecule has 0 aliphatic rings. The summed E-state index contributed by atoms with van der Waals surface area (Å²) in [5, 5.41) is 2.81. The van der Waals surface area contributed by atoms with E-state index in [0.29, 0.717) is 10.6 Å². The number of nitrogens with one attached hydrogen (secondary N) is 1. The molecule has 0 saturated carbocycles. The monoisotopic (exact) mass is 275 g/mol. The van der Waals surface area contributed by atoms with Gasteiger partial charge in [-0.2, -0.15) is 0 Å². The molecule has 1 N–H and O–H groups in total. The van der Waals surface area contributed by atoms with Crippen LogP contribution in [0.1, 0.15) is 12.0 Å². The van der Waals surface area contributed by atoms with Gasteiger partial charge in [-0.05, 0) is 11.6 Å². The third-order valence-electron chi connectivity index (χ3n) is 2.25. The first kappa shape index (κ1) is 14.0. The molecule has 94 valence electrons. The van der Waals surface area contributed by atoms with Gasteiger partial charge in [0.15, 0.2) is 9.84 Å². The Morgan fingerprint density at radius 1 is 1.35 bits per heavy atom. The Morgan fingerprint density at radius 3 is 2.59 bits per heavy atom. The van der Waals surface area contributed by atoms with Crippen LogP contribution in [0.5, 0.6) is 0 Å². The second kappa shape index (κ2) is 6.02. The summed E-state index contributed by atoms with van der Waals surface area (Å²) in [4.78, 5) is 11.0. The number of sulfone groups is 1. The van der Waals surface area contributed by atoms with E-state index in [1.165, 1.54) is 7.05 Å². The fourth-order valence-corrected chi connectivity index (χ4v) is 2.95. The zero-order valence-corrected chi connectivity index (χ0v) is 11.0. The molecule has 0 spiro atoms. The SMILES string of the molecule is CNC(=O)CCS(=O)(=O)Cc1ccccc1Cl. The molecule has 0 radical (unpaired) electrons. The van der Waals surface area contributed by atoms with E-state index in [-0.39, 0.29) is 23.8 Å². The fourth-order valence-electron chi connectivity index (χ4n) is 1.30. The van der Waals surface area contributed by atoms with Gasteiger partial charge in [-0.15, -0.1) is 0 Å². The lowest BCUT2D eigenvalue weighted by atomic mass is 10.2. The highest BCUT2D eigenvalue weighted by atomic mass is 35.5. The van der Waals surface area contributed by atoms with Gasteiger partial charge in [-0.3, -0.25) is 4.79 Å². The number of amides is 1. The van der Waals surface area contributed by atoms with Crippen molar-refractivity contribution in [3.8, 4) is 0 Å². The largest absolute Gasteiger partial charge is 0.359 e. The molecule has 1 aromatic rings. The number of hydrogen-bond acceptors (Lipinski definition) is 3. The van der Waals surface area contributed by atoms with Crippen molar-refractivity contribution >= 4 is 27.3 Å². The average molecular weight is 276 g/mol. The first-order valence-electron chi connectivity index (χ1n) is 5.09. The molecule has 0 aliphatic carbocycles. The van der Waals surface area contributed by atoms with Gasteiger partial charge < -0.3 is 5.32 Å². The minimum absolute atomic E-state index is 0.0245. The normalized spacial score (nSPS) is 11.2. The van der Waals surface area contributed by atoms with Crippen LogP contribution in [-0.2, 0) is 20.4 Å². The van der Waals surface area contributed by atoms with E-state index in [2.05, 4.69) is 5.32 Å². The highest BCUT2D eigenvalue weighted by Crippen LogP contribution is 2.18. The Hall–Kier alpha value is -1.07. The summed E-state index contributed by atoms with van der Waals surface area (Å²) < 4.78 is 23.5. The molecule has 0 atom stereocenters. The Morgan fingerprint density at radius 2 is 2.00 bits per heavy atom. The van der Waals surface area contributed by atoms with Crippen molar-refractivity contribution in [2.45, 2.75) is 12.2 Å². The van der Waals surface area contributed by atoms with Crippen LogP contribution in [0.2, 0.25) is 5.02 Å². The molecule has 0 saturated heterocycles. The quantitative estimate of drug-likeness (QED) is 0.883. The lowest BCUT2D eigenvalue weighted by molar-refractivity contribution is -0.120. The first-order chi connectivity index (χ1) is 7.94. The summed E-state index contributed by atoms with van der Waals surface area (Å²) in [7, 11) is -1.83. The second-order valence-electron chi connectivity index (χ2n) is 3.61. The van der Waals surface area contributed by atoms with Crippen LogP contribution in [0.15, 0.2) is 24.3 Å². The van der Waals surface area contributed by atoms with Gasteiger partial charge in [0, 0.05) is 18.5 Å². The van der Waals surface area contributed by atoms with Gasteiger partial charge in [0.05, 0.1) is 11.5 Å². The number of benzene rings is 1. The van der Waals surface area contributed by atoms with Crippen molar-refractivity contribution in [1.29, 1.82) is 0 Å². The Kier molecular flexibility index (Phi) is 4.96. The highest BCUT2D eigenvalue weighted by molar-refractivity contribution is 7.90. The van der Waals surface area contributed by atoms with Crippen molar-refractivity contribution < 1.29 is 13.2 Å². The molecule has 0 fully saturated rings. The predicted molar refractivity (Wildman–Crippen MR) is 67.6 cm³/mol. The second-order valence-corrected chi connectivity index (χ2v) is 6.20. The lowest BCUT2D eigenvalue weighted by Gasteiger charge is -2.05. The minimum Gasteiger partial charge on any atom is -0.359 e. The molecule has 0 unspecified atom stereocenters. The van der Waals surface area contributed by atoms with Crippen LogP contribution in [0.4, 0.5) is 0 Å². The Labute approximate surface area is 106 Å². The van der Waals surface area contributed by atoms with Crippen molar-refractivity contribution in [2.24, 2.45) is 0 Å². The standard InChI is InChI=1S/C11H14ClNO3S/c1-13-11(14)6-7-17(15,16)8-9-4-2-3-5-10(9)12/h2-5H,6-8H2,1H3,(H,13,14). The molecule has 1 rings (SSSR count). The van der Waals surface area contributed by atoms with E-state index >= 15 is 0 Å². The summed E-state index contributed by atoms with van der Waals surface area (Å²) in [6.07, 6.45) is -0.0245.